The molecule has 0 aromatic heterocycles. The summed E-state index contributed by atoms with van der Waals surface area (Å²) in [5.41, 5.74) is 0.395. The standard InChI is InChI=1S/C17H19NO4S/c1-2-22-16-11-7-6-10-15(16)17(19)18-12-13-23(20,21)14-8-4-3-5-9-14/h3-11H,2,12-13H2,1H3,(H,18,19). The molecular weight excluding hydrogens is 314 g/mol. The van der Waals surface area contributed by atoms with E-state index in [0.29, 0.717) is 17.9 Å². The van der Waals surface area contributed by atoms with Gasteiger partial charge in [-0.3, -0.25) is 4.79 Å². The maximum Gasteiger partial charge on any atom is 0.255 e. The molecule has 2 aromatic rings. The Morgan fingerprint density at radius 2 is 1.70 bits per heavy atom. The van der Waals surface area contributed by atoms with Crippen LogP contribution >= 0.6 is 0 Å². The van der Waals surface area contributed by atoms with Gasteiger partial charge in [0.15, 0.2) is 9.84 Å². The topological polar surface area (TPSA) is 72.5 Å². The molecule has 6 heteroatoms. The SMILES string of the molecule is CCOc1ccccc1C(=O)NCCS(=O)(=O)c1ccccc1. The minimum absolute atomic E-state index is 0.0382. The van der Waals surface area contributed by atoms with Crippen molar-refractivity contribution >= 4 is 15.7 Å². The predicted octanol–water partition coefficient (Wildman–Crippen LogP) is 2.29. The number of rotatable bonds is 7. The van der Waals surface area contributed by atoms with Crippen molar-refractivity contribution in [2.75, 3.05) is 18.9 Å². The molecule has 0 atom stereocenters. The van der Waals surface area contributed by atoms with Gasteiger partial charge < -0.3 is 10.1 Å². The van der Waals surface area contributed by atoms with Crippen LogP contribution in [0.2, 0.25) is 0 Å². The molecule has 2 aromatic carbocycles. The minimum Gasteiger partial charge on any atom is -0.493 e. The van der Waals surface area contributed by atoms with E-state index < -0.39 is 9.84 Å². The van der Waals surface area contributed by atoms with Crippen LogP contribution in [0.4, 0.5) is 0 Å². The Kier molecular flexibility index (Phi) is 5.76. The molecule has 0 radical (unpaired) electrons. The summed E-state index contributed by atoms with van der Waals surface area (Å²) >= 11 is 0. The summed E-state index contributed by atoms with van der Waals surface area (Å²) in [7, 11) is -3.40. The molecular formula is C17H19NO4S. The van der Waals surface area contributed by atoms with E-state index in [1.807, 2.05) is 6.92 Å². The van der Waals surface area contributed by atoms with Gasteiger partial charge in [-0.25, -0.2) is 8.42 Å². The summed E-state index contributed by atoms with van der Waals surface area (Å²) in [4.78, 5) is 12.4. The van der Waals surface area contributed by atoms with E-state index in [2.05, 4.69) is 5.32 Å². The first-order chi connectivity index (χ1) is 11.0. The summed E-state index contributed by atoms with van der Waals surface area (Å²) in [6.45, 7) is 2.32. The van der Waals surface area contributed by atoms with E-state index in [-0.39, 0.29) is 23.1 Å². The second-order valence-electron chi connectivity index (χ2n) is 4.82. The van der Waals surface area contributed by atoms with Crippen LogP contribution in [-0.4, -0.2) is 33.2 Å². The van der Waals surface area contributed by atoms with Crippen molar-refractivity contribution in [1.82, 2.24) is 5.32 Å². The molecule has 5 nitrogen and oxygen atoms in total. The van der Waals surface area contributed by atoms with E-state index in [0.717, 1.165) is 0 Å². The fraction of sp³-hybridized carbons (Fsp3) is 0.235. The molecule has 2 rings (SSSR count). The molecule has 0 spiro atoms. The first kappa shape index (κ1) is 17.0. The Hall–Kier alpha value is -2.34. The molecule has 0 bridgehead atoms. The first-order valence-electron chi connectivity index (χ1n) is 7.32. The highest BCUT2D eigenvalue weighted by atomic mass is 32.2. The van der Waals surface area contributed by atoms with E-state index >= 15 is 0 Å². The second kappa shape index (κ2) is 7.78. The maximum atomic E-state index is 12.2. The first-order valence-corrected chi connectivity index (χ1v) is 8.97. The molecule has 0 heterocycles. The van der Waals surface area contributed by atoms with Crippen molar-refractivity contribution < 1.29 is 17.9 Å². The molecule has 23 heavy (non-hydrogen) atoms. The molecule has 0 aliphatic carbocycles. The lowest BCUT2D eigenvalue weighted by Gasteiger charge is -2.10. The number of para-hydroxylation sites is 1. The molecule has 0 saturated heterocycles. The van der Waals surface area contributed by atoms with Crippen LogP contribution in [0.5, 0.6) is 5.75 Å². The number of ether oxygens (including phenoxy) is 1. The summed E-state index contributed by atoms with van der Waals surface area (Å²) in [6.07, 6.45) is 0. The number of hydrogen-bond acceptors (Lipinski definition) is 4. The molecule has 1 amide bonds. The van der Waals surface area contributed by atoms with E-state index in [1.165, 1.54) is 0 Å². The highest BCUT2D eigenvalue weighted by Crippen LogP contribution is 2.17. The highest BCUT2D eigenvalue weighted by molar-refractivity contribution is 7.91. The third-order valence-corrected chi connectivity index (χ3v) is 4.92. The van der Waals surface area contributed by atoms with Crippen LogP contribution in [0, 0.1) is 0 Å². The van der Waals surface area contributed by atoms with E-state index in [4.69, 9.17) is 4.74 Å². The van der Waals surface area contributed by atoms with Crippen LogP contribution < -0.4 is 10.1 Å². The lowest BCUT2D eigenvalue weighted by atomic mass is 10.2. The van der Waals surface area contributed by atoms with E-state index in [9.17, 15) is 13.2 Å². The van der Waals surface area contributed by atoms with Gasteiger partial charge in [0.1, 0.15) is 5.75 Å². The zero-order chi connectivity index (χ0) is 16.7. The van der Waals surface area contributed by atoms with Crippen molar-refractivity contribution in [2.24, 2.45) is 0 Å². The number of hydrogen-bond donors (Lipinski definition) is 1. The van der Waals surface area contributed by atoms with Crippen LogP contribution in [0.15, 0.2) is 59.5 Å². The van der Waals surface area contributed by atoms with Crippen molar-refractivity contribution in [3.05, 3.63) is 60.2 Å². The Morgan fingerprint density at radius 1 is 1.04 bits per heavy atom. The average Bonchev–Trinajstić information content (AvgIpc) is 2.56. The quantitative estimate of drug-likeness (QED) is 0.844. The molecule has 0 aliphatic rings. The molecule has 122 valence electrons. The lowest BCUT2D eigenvalue weighted by Crippen LogP contribution is -2.29. The monoisotopic (exact) mass is 333 g/mol. The number of sulfone groups is 1. The van der Waals surface area contributed by atoms with Gasteiger partial charge in [-0.1, -0.05) is 30.3 Å². The highest BCUT2D eigenvalue weighted by Gasteiger charge is 2.16. The van der Waals surface area contributed by atoms with Crippen LogP contribution in [0.1, 0.15) is 17.3 Å². The second-order valence-corrected chi connectivity index (χ2v) is 6.93. The summed E-state index contributed by atoms with van der Waals surface area (Å²) in [5.74, 6) is -0.0183. The Bertz CT molecular complexity index is 757. The summed E-state index contributed by atoms with van der Waals surface area (Å²) in [5, 5.41) is 2.63. The largest absolute Gasteiger partial charge is 0.493 e. The van der Waals surface area contributed by atoms with Crippen LogP contribution in [0.3, 0.4) is 0 Å². The predicted molar refractivity (Wildman–Crippen MR) is 88.4 cm³/mol. The lowest BCUT2D eigenvalue weighted by molar-refractivity contribution is 0.0952. The molecule has 0 fully saturated rings. The number of nitrogens with one attached hydrogen (secondary N) is 1. The molecule has 1 N–H and O–H groups in total. The average molecular weight is 333 g/mol. The summed E-state index contributed by atoms with van der Waals surface area (Å²) < 4.78 is 29.7. The van der Waals surface area contributed by atoms with Crippen molar-refractivity contribution in [2.45, 2.75) is 11.8 Å². The number of carbonyl (C=O) groups is 1. The van der Waals surface area contributed by atoms with Crippen molar-refractivity contribution in [3.8, 4) is 5.75 Å². The fourth-order valence-corrected chi connectivity index (χ4v) is 3.25. The Labute approximate surface area is 136 Å². The fourth-order valence-electron chi connectivity index (χ4n) is 2.08. The van der Waals surface area contributed by atoms with Gasteiger partial charge in [-0.05, 0) is 31.2 Å². The van der Waals surface area contributed by atoms with Gasteiger partial charge in [0.05, 0.1) is 22.8 Å². The third-order valence-electron chi connectivity index (χ3n) is 3.19. The molecule has 0 saturated carbocycles. The van der Waals surface area contributed by atoms with Gasteiger partial charge in [-0.15, -0.1) is 0 Å². The zero-order valence-corrected chi connectivity index (χ0v) is 13.7. The maximum absolute atomic E-state index is 12.2. The van der Waals surface area contributed by atoms with Gasteiger partial charge >= 0.3 is 0 Å². The van der Waals surface area contributed by atoms with E-state index in [1.54, 1.807) is 54.6 Å². The third kappa shape index (κ3) is 4.56. The van der Waals surface area contributed by atoms with Crippen molar-refractivity contribution in [3.63, 3.8) is 0 Å². The number of amides is 1. The summed E-state index contributed by atoms with van der Waals surface area (Å²) in [6, 6.07) is 15.0. The van der Waals surface area contributed by atoms with Crippen molar-refractivity contribution in [1.29, 1.82) is 0 Å². The molecule has 0 aliphatic heterocycles. The van der Waals surface area contributed by atoms with Gasteiger partial charge in [0.2, 0.25) is 0 Å². The normalized spacial score (nSPS) is 11.0. The Balaban J connectivity index is 1.98. The van der Waals surface area contributed by atoms with Gasteiger partial charge in [0.25, 0.3) is 5.91 Å². The number of benzene rings is 2. The zero-order valence-electron chi connectivity index (χ0n) is 12.9. The van der Waals surface area contributed by atoms with Crippen LogP contribution in [-0.2, 0) is 9.84 Å². The van der Waals surface area contributed by atoms with Crippen LogP contribution in [0.25, 0.3) is 0 Å². The minimum atomic E-state index is -3.40. The smallest absolute Gasteiger partial charge is 0.255 e. The van der Waals surface area contributed by atoms with Gasteiger partial charge in [0, 0.05) is 6.54 Å². The molecule has 0 unspecified atom stereocenters. The number of carbonyl (C=O) groups excluding carboxylic acids is 1. The Morgan fingerprint density at radius 3 is 2.39 bits per heavy atom. The van der Waals surface area contributed by atoms with Gasteiger partial charge in [-0.2, -0.15) is 0 Å².